The SMILES string of the molecule is BBB=S. The maximum absolute atomic E-state index is 4.43. The van der Waals surface area contributed by atoms with Gasteiger partial charge in [-0.3, -0.25) is 0 Å². The zero-order valence-corrected chi connectivity index (χ0v) is 3.51. The molecule has 0 N–H and O–H groups in total. The van der Waals surface area contributed by atoms with Crippen LogP contribution in [-0.2, 0) is 0 Å². The Morgan fingerprint density at radius 2 is 2.25 bits per heavy atom. The van der Waals surface area contributed by atoms with Crippen LogP contribution in [0.4, 0.5) is 0 Å². The molecule has 0 nitrogen and oxygen atoms in total. The summed E-state index contributed by atoms with van der Waals surface area (Å²) in [5, 5.41) is 0. The van der Waals surface area contributed by atoms with Crippen LogP contribution in [0.3, 0.4) is 0 Å². The molecule has 0 heterocycles. The molecule has 0 saturated heterocycles. The second-order valence-corrected chi connectivity index (χ2v) is 0.908. The van der Waals surface area contributed by atoms with E-state index in [2.05, 4.69) is 12.1 Å². The third kappa shape index (κ3) is 2.41. The van der Waals surface area contributed by atoms with Gasteiger partial charge < -0.3 is 0 Å². The van der Waals surface area contributed by atoms with E-state index < -0.39 is 0 Å². The van der Waals surface area contributed by atoms with Crippen molar-refractivity contribution in [1.29, 1.82) is 0 Å². The first-order valence-corrected chi connectivity index (χ1v) is 1.82. The maximum atomic E-state index is 4.43. The molecular weight excluding hydrogens is 64.5 g/mol. The van der Waals surface area contributed by atoms with Gasteiger partial charge in [0.15, 0.2) is 0 Å². The van der Waals surface area contributed by atoms with E-state index in [0.29, 0.717) is 0 Å². The van der Waals surface area contributed by atoms with Crippen LogP contribution in [-0.4, -0.2) is 20.8 Å². The van der Waals surface area contributed by atoms with Gasteiger partial charge >= 0.3 is 32.9 Å². The Hall–Kier alpha value is 0.415. The first-order chi connectivity index (χ1) is 1.91. The van der Waals surface area contributed by atoms with E-state index >= 15 is 0 Å². The first kappa shape index (κ1) is 4.41. The minimum atomic E-state index is 1.01. The van der Waals surface area contributed by atoms with E-state index in [0.717, 1.165) is 7.06 Å². The fourth-order valence-electron chi connectivity index (χ4n) is 0. The molecule has 0 rings (SSSR count). The average molecular weight is 67.5 g/mol. The van der Waals surface area contributed by atoms with Gasteiger partial charge in [0, 0.05) is 0 Å². The van der Waals surface area contributed by atoms with E-state index in [4.69, 9.17) is 0 Å². The van der Waals surface area contributed by atoms with Crippen molar-refractivity contribution < 1.29 is 0 Å². The van der Waals surface area contributed by atoms with Crippen LogP contribution >= 0.6 is 12.1 Å². The fourth-order valence-corrected chi connectivity index (χ4v) is 0. The van der Waals surface area contributed by atoms with E-state index in [-0.39, 0.29) is 0 Å². The minimum absolute atomic E-state index is 1.01. The Morgan fingerprint density at radius 1 is 2.00 bits per heavy atom. The molecule has 0 aliphatic heterocycles. The van der Waals surface area contributed by atoms with Gasteiger partial charge in [0.05, 0.1) is 0 Å². The summed E-state index contributed by atoms with van der Waals surface area (Å²) in [6.45, 7) is 0. The second-order valence-electron chi connectivity index (χ2n) is 0.575. The van der Waals surface area contributed by atoms with Gasteiger partial charge in [0.1, 0.15) is 0 Å². The van der Waals surface area contributed by atoms with Crippen LogP contribution < -0.4 is 0 Å². The van der Waals surface area contributed by atoms with Gasteiger partial charge in [0.2, 0.25) is 0 Å². The zero-order chi connectivity index (χ0) is 3.41. The van der Waals surface area contributed by atoms with Crippen molar-refractivity contribution in [3.63, 3.8) is 0 Å². The molecule has 0 bridgehead atoms. The summed E-state index contributed by atoms with van der Waals surface area (Å²) in [5.41, 5.74) is 0. The van der Waals surface area contributed by atoms with Crippen molar-refractivity contribution in [2.24, 2.45) is 0 Å². The van der Waals surface area contributed by atoms with E-state index in [1.165, 1.54) is 0 Å². The summed E-state index contributed by atoms with van der Waals surface area (Å²) in [7, 11) is 3.03. The Balaban J connectivity index is 2.30. The summed E-state index contributed by atoms with van der Waals surface area (Å²) in [5.74, 6) is 0. The normalized spacial score (nSPS) is 4.00. The Labute approximate surface area is 33.7 Å². The molecule has 0 amide bonds. The van der Waals surface area contributed by atoms with Crippen LogP contribution in [0.5, 0.6) is 0 Å². The average Bonchev–Trinajstić information content (AvgIpc) is 1.37. The quantitative estimate of drug-likeness (QED) is 0.344. The molecule has 0 atom stereocenters. The Kier molecular flexibility index (Phi) is 3.77. The van der Waals surface area contributed by atoms with Crippen LogP contribution in [0.1, 0.15) is 0 Å². The molecule has 0 radical (unpaired) electrons. The van der Waals surface area contributed by atoms with E-state index in [9.17, 15) is 0 Å². The van der Waals surface area contributed by atoms with Gasteiger partial charge in [-0.15, -0.1) is 0 Å². The van der Waals surface area contributed by atoms with Crippen molar-refractivity contribution >= 4 is 32.9 Å². The summed E-state index contributed by atoms with van der Waals surface area (Å²) in [6.07, 6.45) is 0. The molecule has 0 unspecified atom stereocenters. The molecule has 0 aromatic heterocycles. The van der Waals surface area contributed by atoms with Crippen molar-refractivity contribution in [3.05, 3.63) is 0 Å². The molecule has 18 valence electrons. The van der Waals surface area contributed by atoms with E-state index in [1.807, 2.05) is 7.74 Å². The number of hydrogen-bond acceptors (Lipinski definition) is 1. The number of rotatable bonds is 1. The number of hydrogen-bond donors (Lipinski definition) is 0. The van der Waals surface area contributed by atoms with Gasteiger partial charge in [-0.2, -0.15) is 0 Å². The summed E-state index contributed by atoms with van der Waals surface area (Å²) >= 11 is 4.43. The molecule has 0 aromatic rings. The van der Waals surface area contributed by atoms with Crippen molar-refractivity contribution in [1.82, 2.24) is 0 Å². The zero-order valence-electron chi connectivity index (χ0n) is 2.69. The summed E-state index contributed by atoms with van der Waals surface area (Å²) < 4.78 is 0. The molecule has 4 heavy (non-hydrogen) atoms. The molecule has 0 fully saturated rings. The topological polar surface area (TPSA) is 0 Å². The van der Waals surface area contributed by atoms with Gasteiger partial charge in [-0.1, -0.05) is 0 Å². The predicted molar refractivity (Wildman–Crippen MR) is 29.0 cm³/mol. The molecular formula is H3B3S. The fraction of sp³-hybridized carbons (Fsp3) is 0. The Morgan fingerprint density at radius 3 is 2.25 bits per heavy atom. The van der Waals surface area contributed by atoms with Crippen molar-refractivity contribution in [2.75, 3.05) is 0 Å². The summed E-state index contributed by atoms with van der Waals surface area (Å²) in [6, 6.07) is 1.71. The molecule has 0 spiro atoms. The van der Waals surface area contributed by atoms with Crippen LogP contribution in [0.15, 0.2) is 0 Å². The van der Waals surface area contributed by atoms with Crippen molar-refractivity contribution in [3.8, 4) is 0 Å². The predicted octanol–water partition coefficient (Wildman–Crippen LogP) is -1.30. The molecule has 4 heteroatoms. The molecule has 0 saturated carbocycles. The van der Waals surface area contributed by atoms with Crippen molar-refractivity contribution in [2.45, 2.75) is 0 Å². The monoisotopic (exact) mass is 68.0 g/mol. The van der Waals surface area contributed by atoms with Crippen LogP contribution in [0, 0.1) is 0 Å². The molecule has 0 aliphatic rings. The first-order valence-electron chi connectivity index (χ1n) is 1.35. The van der Waals surface area contributed by atoms with Crippen LogP contribution in [0.2, 0.25) is 0 Å². The van der Waals surface area contributed by atoms with Crippen LogP contribution in [0.25, 0.3) is 0 Å². The Bertz CT molecular complexity index is 17.2. The van der Waals surface area contributed by atoms with Gasteiger partial charge in [-0.05, 0) is 0 Å². The summed E-state index contributed by atoms with van der Waals surface area (Å²) in [4.78, 5) is 0. The van der Waals surface area contributed by atoms with Gasteiger partial charge in [-0.25, -0.2) is 0 Å². The standard InChI is InChI=1S/B3H3S/c1-2-3-4/h2H,1H2. The molecule has 0 aromatic carbocycles. The third-order valence-electron chi connectivity index (χ3n) is 0.167. The van der Waals surface area contributed by atoms with Gasteiger partial charge in [0.25, 0.3) is 0 Å². The third-order valence-corrected chi connectivity index (χ3v) is 0.500. The molecule has 0 aliphatic carbocycles. The van der Waals surface area contributed by atoms with E-state index in [1.54, 1.807) is 6.05 Å². The second kappa shape index (κ2) is 3.41.